The Bertz CT molecular complexity index is 454. The lowest BCUT2D eigenvalue weighted by Crippen LogP contribution is -1.88. The van der Waals surface area contributed by atoms with E-state index in [4.69, 9.17) is 0 Å². The molecule has 0 aliphatic heterocycles. The Hall–Kier alpha value is -1.77. The van der Waals surface area contributed by atoms with Gasteiger partial charge in [0.05, 0.1) is 11.0 Å². The Morgan fingerprint density at radius 2 is 1.93 bits per heavy atom. The Morgan fingerprint density at radius 3 is 2.71 bits per heavy atom. The van der Waals surface area contributed by atoms with Crippen LogP contribution < -0.4 is 0 Å². The minimum Gasteiger partial charge on any atom is -0.303 e. The van der Waals surface area contributed by atoms with Gasteiger partial charge in [-0.15, -0.1) is 0 Å². The van der Waals surface area contributed by atoms with Crippen molar-refractivity contribution in [2.24, 2.45) is 0 Å². The molecule has 14 heavy (non-hydrogen) atoms. The van der Waals surface area contributed by atoms with Gasteiger partial charge < -0.3 is 4.79 Å². The van der Waals surface area contributed by atoms with Gasteiger partial charge in [0.15, 0.2) is 0 Å². The van der Waals surface area contributed by atoms with Crippen molar-refractivity contribution < 1.29 is 4.79 Å². The molecule has 0 aliphatic carbocycles. The van der Waals surface area contributed by atoms with Gasteiger partial charge in [-0.05, 0) is 24.1 Å². The second-order valence-corrected chi connectivity index (χ2v) is 3.08. The number of nitrogens with zero attached hydrogens (tertiary/aromatic N) is 2. The predicted molar refractivity (Wildman–Crippen MR) is 53.9 cm³/mol. The molecule has 0 bridgehead atoms. The van der Waals surface area contributed by atoms with Crippen molar-refractivity contribution in [2.75, 3.05) is 0 Å². The van der Waals surface area contributed by atoms with E-state index in [1.807, 2.05) is 18.2 Å². The molecule has 1 aromatic heterocycles. The SMILES string of the molecule is O=CCCc1ccc2nccnc2c1. The summed E-state index contributed by atoms with van der Waals surface area (Å²) >= 11 is 0. The van der Waals surface area contributed by atoms with E-state index in [9.17, 15) is 4.79 Å². The smallest absolute Gasteiger partial charge is 0.120 e. The Kier molecular flexibility index (Phi) is 2.49. The zero-order chi connectivity index (χ0) is 9.80. The van der Waals surface area contributed by atoms with E-state index < -0.39 is 0 Å². The average molecular weight is 186 g/mol. The molecule has 2 aromatic rings. The standard InChI is InChI=1S/C11H10N2O/c14-7-1-2-9-3-4-10-11(8-9)13-6-5-12-10/h3-8H,1-2H2. The lowest BCUT2D eigenvalue weighted by atomic mass is 10.1. The fraction of sp³-hybridized carbons (Fsp3) is 0.182. The molecule has 3 heteroatoms. The van der Waals surface area contributed by atoms with Gasteiger partial charge in [0.1, 0.15) is 6.29 Å². The maximum atomic E-state index is 10.2. The Balaban J connectivity index is 2.36. The van der Waals surface area contributed by atoms with Crippen LogP contribution in [-0.4, -0.2) is 16.3 Å². The quantitative estimate of drug-likeness (QED) is 0.686. The van der Waals surface area contributed by atoms with Gasteiger partial charge in [-0.3, -0.25) is 9.97 Å². The number of hydrogen-bond acceptors (Lipinski definition) is 3. The summed E-state index contributed by atoms with van der Waals surface area (Å²) in [7, 11) is 0. The summed E-state index contributed by atoms with van der Waals surface area (Å²) in [5, 5.41) is 0. The summed E-state index contributed by atoms with van der Waals surface area (Å²) < 4.78 is 0. The van der Waals surface area contributed by atoms with Crippen LogP contribution in [0.2, 0.25) is 0 Å². The molecule has 2 rings (SSSR count). The number of hydrogen-bond donors (Lipinski definition) is 0. The molecule has 0 aliphatic rings. The number of benzene rings is 1. The summed E-state index contributed by atoms with van der Waals surface area (Å²) in [6.07, 6.45) is 5.61. The third kappa shape index (κ3) is 1.76. The molecule has 0 N–H and O–H groups in total. The van der Waals surface area contributed by atoms with Crippen LogP contribution >= 0.6 is 0 Å². The topological polar surface area (TPSA) is 42.9 Å². The number of fused-ring (bicyclic) bond motifs is 1. The normalized spacial score (nSPS) is 10.3. The number of aryl methyl sites for hydroxylation is 1. The highest BCUT2D eigenvalue weighted by molar-refractivity contribution is 5.74. The summed E-state index contributed by atoms with van der Waals surface area (Å²) in [6, 6.07) is 5.90. The van der Waals surface area contributed by atoms with Gasteiger partial charge in [-0.25, -0.2) is 0 Å². The van der Waals surface area contributed by atoms with Crippen molar-refractivity contribution in [2.45, 2.75) is 12.8 Å². The number of aromatic nitrogens is 2. The zero-order valence-corrected chi connectivity index (χ0v) is 7.68. The van der Waals surface area contributed by atoms with E-state index in [-0.39, 0.29) is 0 Å². The average Bonchev–Trinajstić information content (AvgIpc) is 2.26. The van der Waals surface area contributed by atoms with Crippen molar-refractivity contribution in [3.8, 4) is 0 Å². The summed E-state index contributed by atoms with van der Waals surface area (Å²) in [4.78, 5) is 18.6. The van der Waals surface area contributed by atoms with Crippen LogP contribution in [0.15, 0.2) is 30.6 Å². The number of rotatable bonds is 3. The fourth-order valence-corrected chi connectivity index (χ4v) is 1.39. The van der Waals surface area contributed by atoms with Gasteiger partial charge in [0.25, 0.3) is 0 Å². The first-order valence-electron chi connectivity index (χ1n) is 4.53. The Labute approximate surface area is 81.8 Å². The number of aldehydes is 1. The van der Waals surface area contributed by atoms with Crippen molar-refractivity contribution in [1.29, 1.82) is 0 Å². The molecular formula is C11H10N2O. The monoisotopic (exact) mass is 186 g/mol. The van der Waals surface area contributed by atoms with E-state index in [0.717, 1.165) is 29.3 Å². The Morgan fingerprint density at radius 1 is 1.14 bits per heavy atom. The minimum atomic E-state index is 0.561. The van der Waals surface area contributed by atoms with Crippen LogP contribution in [-0.2, 0) is 11.2 Å². The van der Waals surface area contributed by atoms with Crippen LogP contribution in [0.4, 0.5) is 0 Å². The minimum absolute atomic E-state index is 0.561. The molecule has 70 valence electrons. The van der Waals surface area contributed by atoms with Gasteiger partial charge in [0.2, 0.25) is 0 Å². The fourth-order valence-electron chi connectivity index (χ4n) is 1.39. The zero-order valence-electron chi connectivity index (χ0n) is 7.68. The van der Waals surface area contributed by atoms with E-state index in [1.54, 1.807) is 12.4 Å². The van der Waals surface area contributed by atoms with Crippen molar-refractivity contribution in [1.82, 2.24) is 9.97 Å². The highest BCUT2D eigenvalue weighted by atomic mass is 16.1. The molecule has 0 spiro atoms. The van der Waals surface area contributed by atoms with Gasteiger partial charge in [-0.1, -0.05) is 6.07 Å². The molecule has 0 fully saturated rings. The maximum Gasteiger partial charge on any atom is 0.120 e. The second-order valence-electron chi connectivity index (χ2n) is 3.08. The van der Waals surface area contributed by atoms with Gasteiger partial charge >= 0.3 is 0 Å². The van der Waals surface area contributed by atoms with Crippen molar-refractivity contribution >= 4 is 17.3 Å². The molecule has 0 atom stereocenters. The summed E-state index contributed by atoms with van der Waals surface area (Å²) in [5.74, 6) is 0. The van der Waals surface area contributed by atoms with Crippen LogP contribution in [0, 0.1) is 0 Å². The molecule has 0 radical (unpaired) electrons. The molecule has 0 saturated heterocycles. The van der Waals surface area contributed by atoms with Gasteiger partial charge in [0, 0.05) is 18.8 Å². The molecule has 0 amide bonds. The first-order chi connectivity index (χ1) is 6.90. The third-order valence-corrected chi connectivity index (χ3v) is 2.08. The van der Waals surface area contributed by atoms with Crippen molar-refractivity contribution in [3.05, 3.63) is 36.2 Å². The molecule has 1 heterocycles. The van der Waals surface area contributed by atoms with Crippen LogP contribution in [0.5, 0.6) is 0 Å². The van der Waals surface area contributed by atoms with E-state index in [0.29, 0.717) is 6.42 Å². The second kappa shape index (κ2) is 3.96. The first kappa shape index (κ1) is 8.81. The maximum absolute atomic E-state index is 10.2. The number of carbonyl (C=O) groups excluding carboxylic acids is 1. The largest absolute Gasteiger partial charge is 0.303 e. The summed E-state index contributed by atoms with van der Waals surface area (Å²) in [6.45, 7) is 0. The van der Waals surface area contributed by atoms with E-state index in [1.165, 1.54) is 0 Å². The van der Waals surface area contributed by atoms with Crippen LogP contribution in [0.1, 0.15) is 12.0 Å². The lowest BCUT2D eigenvalue weighted by Gasteiger charge is -1.99. The van der Waals surface area contributed by atoms with Crippen LogP contribution in [0.3, 0.4) is 0 Å². The van der Waals surface area contributed by atoms with E-state index in [2.05, 4.69) is 9.97 Å². The molecule has 3 nitrogen and oxygen atoms in total. The van der Waals surface area contributed by atoms with Crippen LogP contribution in [0.25, 0.3) is 11.0 Å². The predicted octanol–water partition coefficient (Wildman–Crippen LogP) is 1.76. The highest BCUT2D eigenvalue weighted by Gasteiger charge is 1.97. The molecule has 0 saturated carbocycles. The molecular weight excluding hydrogens is 176 g/mol. The molecule has 1 aromatic carbocycles. The third-order valence-electron chi connectivity index (χ3n) is 2.08. The van der Waals surface area contributed by atoms with Gasteiger partial charge in [-0.2, -0.15) is 0 Å². The van der Waals surface area contributed by atoms with E-state index >= 15 is 0 Å². The summed E-state index contributed by atoms with van der Waals surface area (Å²) in [5.41, 5.74) is 2.91. The molecule has 0 unspecified atom stereocenters. The lowest BCUT2D eigenvalue weighted by molar-refractivity contribution is -0.107. The highest BCUT2D eigenvalue weighted by Crippen LogP contribution is 2.11. The number of carbonyl (C=O) groups is 1. The van der Waals surface area contributed by atoms with Crippen molar-refractivity contribution in [3.63, 3.8) is 0 Å². The first-order valence-corrected chi connectivity index (χ1v) is 4.53.